The summed E-state index contributed by atoms with van der Waals surface area (Å²) in [6.45, 7) is 3.61. The molecule has 4 nitrogen and oxygen atoms in total. The zero-order valence-corrected chi connectivity index (χ0v) is 12.4. The van der Waals surface area contributed by atoms with Crippen molar-refractivity contribution in [3.05, 3.63) is 46.0 Å². The van der Waals surface area contributed by atoms with Crippen LogP contribution in [-0.2, 0) is 4.79 Å². The molecule has 0 saturated heterocycles. The van der Waals surface area contributed by atoms with E-state index < -0.39 is 12.0 Å². The third-order valence-electron chi connectivity index (χ3n) is 2.66. The molecular formula is C14H16BrNO3. The van der Waals surface area contributed by atoms with E-state index in [2.05, 4.69) is 21.2 Å². The predicted molar refractivity (Wildman–Crippen MR) is 77.2 cm³/mol. The van der Waals surface area contributed by atoms with Gasteiger partial charge in [-0.25, -0.2) is 4.79 Å². The normalized spacial score (nSPS) is 12.4. The van der Waals surface area contributed by atoms with Crippen molar-refractivity contribution in [2.75, 3.05) is 0 Å². The number of allylic oxidation sites excluding steroid dienone is 1. The maximum absolute atomic E-state index is 12.1. The standard InChI is InChI=1S/C14H16BrNO3/c1-3-4-5-12(14(18)19)16-13(17)11-8-10(15)7-6-9(11)2/h3-4,6-8,12H,5H2,1-2H3,(H,16,17)(H,18,19)/b4-3+. The van der Waals surface area contributed by atoms with Gasteiger partial charge < -0.3 is 10.4 Å². The van der Waals surface area contributed by atoms with Crippen LogP contribution in [0.15, 0.2) is 34.8 Å². The molecule has 1 amide bonds. The Balaban J connectivity index is 2.87. The highest BCUT2D eigenvalue weighted by molar-refractivity contribution is 9.10. The highest BCUT2D eigenvalue weighted by Gasteiger charge is 2.20. The number of amides is 1. The fraction of sp³-hybridized carbons (Fsp3) is 0.286. The van der Waals surface area contributed by atoms with Crippen LogP contribution >= 0.6 is 15.9 Å². The molecule has 1 unspecified atom stereocenters. The van der Waals surface area contributed by atoms with E-state index in [1.807, 2.05) is 13.0 Å². The van der Waals surface area contributed by atoms with Crippen LogP contribution in [0.2, 0.25) is 0 Å². The molecule has 0 aliphatic carbocycles. The molecule has 1 aromatic carbocycles. The Hall–Kier alpha value is -1.62. The number of halogens is 1. The lowest BCUT2D eigenvalue weighted by Crippen LogP contribution is -2.40. The van der Waals surface area contributed by atoms with Gasteiger partial charge in [-0.2, -0.15) is 0 Å². The van der Waals surface area contributed by atoms with Gasteiger partial charge in [0.05, 0.1) is 0 Å². The monoisotopic (exact) mass is 325 g/mol. The van der Waals surface area contributed by atoms with Crippen molar-refractivity contribution in [2.24, 2.45) is 0 Å². The van der Waals surface area contributed by atoms with Gasteiger partial charge in [0.2, 0.25) is 0 Å². The second-order valence-corrected chi connectivity index (χ2v) is 5.04. The van der Waals surface area contributed by atoms with E-state index in [4.69, 9.17) is 5.11 Å². The average Bonchev–Trinajstić information content (AvgIpc) is 2.36. The van der Waals surface area contributed by atoms with Gasteiger partial charge in [-0.1, -0.05) is 34.1 Å². The highest BCUT2D eigenvalue weighted by atomic mass is 79.9. The summed E-state index contributed by atoms with van der Waals surface area (Å²) in [4.78, 5) is 23.1. The van der Waals surface area contributed by atoms with Crippen LogP contribution in [0.25, 0.3) is 0 Å². The first-order valence-corrected chi connectivity index (χ1v) is 6.66. The van der Waals surface area contributed by atoms with E-state index in [0.29, 0.717) is 5.56 Å². The largest absolute Gasteiger partial charge is 0.480 e. The molecule has 1 rings (SSSR count). The maximum Gasteiger partial charge on any atom is 0.326 e. The number of carboxylic acids is 1. The molecule has 5 heteroatoms. The van der Waals surface area contributed by atoms with Crippen molar-refractivity contribution in [1.82, 2.24) is 5.32 Å². The molecular weight excluding hydrogens is 310 g/mol. The minimum atomic E-state index is -1.04. The first-order chi connectivity index (χ1) is 8.95. The van der Waals surface area contributed by atoms with E-state index in [9.17, 15) is 9.59 Å². The molecule has 0 radical (unpaired) electrons. The molecule has 2 N–H and O–H groups in total. The Morgan fingerprint density at radius 1 is 1.47 bits per heavy atom. The van der Waals surface area contributed by atoms with Gasteiger partial charge in [0.25, 0.3) is 5.91 Å². The van der Waals surface area contributed by atoms with Gasteiger partial charge in [0.1, 0.15) is 6.04 Å². The number of aryl methyl sites for hydroxylation is 1. The molecule has 0 aliphatic rings. The lowest BCUT2D eigenvalue weighted by molar-refractivity contribution is -0.139. The Bertz CT molecular complexity index is 511. The summed E-state index contributed by atoms with van der Waals surface area (Å²) in [5.41, 5.74) is 1.27. The summed E-state index contributed by atoms with van der Waals surface area (Å²) >= 11 is 3.29. The van der Waals surface area contributed by atoms with Gasteiger partial charge in [-0.3, -0.25) is 4.79 Å². The highest BCUT2D eigenvalue weighted by Crippen LogP contribution is 2.16. The van der Waals surface area contributed by atoms with Crippen molar-refractivity contribution in [3.63, 3.8) is 0 Å². The molecule has 0 aliphatic heterocycles. The maximum atomic E-state index is 12.1. The van der Waals surface area contributed by atoms with E-state index in [0.717, 1.165) is 10.0 Å². The molecule has 1 aromatic rings. The fourth-order valence-electron chi connectivity index (χ4n) is 1.57. The third-order valence-corrected chi connectivity index (χ3v) is 3.15. The minimum absolute atomic E-state index is 0.268. The van der Waals surface area contributed by atoms with Gasteiger partial charge in [-0.15, -0.1) is 0 Å². The lowest BCUT2D eigenvalue weighted by atomic mass is 10.1. The van der Waals surface area contributed by atoms with Crippen molar-refractivity contribution in [2.45, 2.75) is 26.3 Å². The van der Waals surface area contributed by atoms with Gasteiger partial charge in [-0.05, 0) is 38.0 Å². The molecule has 0 saturated carbocycles. The van der Waals surface area contributed by atoms with Crippen molar-refractivity contribution in [1.29, 1.82) is 0 Å². The molecule has 0 bridgehead atoms. The van der Waals surface area contributed by atoms with E-state index in [1.165, 1.54) is 0 Å². The number of hydrogen-bond donors (Lipinski definition) is 2. The molecule has 0 aromatic heterocycles. The number of carbonyl (C=O) groups excluding carboxylic acids is 1. The molecule has 0 fully saturated rings. The van der Waals surface area contributed by atoms with Crippen LogP contribution in [-0.4, -0.2) is 23.0 Å². The summed E-state index contributed by atoms with van der Waals surface area (Å²) in [5, 5.41) is 11.6. The van der Waals surface area contributed by atoms with Crippen LogP contribution in [0, 0.1) is 6.92 Å². The molecule has 0 heterocycles. The number of aliphatic carboxylic acids is 1. The van der Waals surface area contributed by atoms with Crippen molar-refractivity contribution < 1.29 is 14.7 Å². The van der Waals surface area contributed by atoms with Crippen molar-refractivity contribution in [3.8, 4) is 0 Å². The Labute approximate surface area is 120 Å². The summed E-state index contributed by atoms with van der Waals surface area (Å²) in [6, 6.07) is 4.41. The summed E-state index contributed by atoms with van der Waals surface area (Å²) in [6.07, 6.45) is 3.74. The van der Waals surface area contributed by atoms with Crippen LogP contribution in [0.3, 0.4) is 0 Å². The molecule has 0 spiro atoms. The van der Waals surface area contributed by atoms with Crippen LogP contribution in [0.1, 0.15) is 29.3 Å². The topological polar surface area (TPSA) is 66.4 Å². The SMILES string of the molecule is C/C=C/CC(NC(=O)c1cc(Br)ccc1C)C(=O)O. The zero-order chi connectivity index (χ0) is 14.4. The summed E-state index contributed by atoms with van der Waals surface area (Å²) < 4.78 is 0.781. The number of carboxylic acid groups (broad SMARTS) is 1. The summed E-state index contributed by atoms with van der Waals surface area (Å²) in [7, 11) is 0. The average molecular weight is 326 g/mol. The van der Waals surface area contributed by atoms with E-state index >= 15 is 0 Å². The second-order valence-electron chi connectivity index (χ2n) is 4.13. The number of carbonyl (C=O) groups is 2. The fourth-order valence-corrected chi connectivity index (χ4v) is 1.93. The van der Waals surface area contributed by atoms with E-state index in [-0.39, 0.29) is 12.3 Å². The predicted octanol–water partition coefficient (Wildman–Crippen LogP) is 2.91. The number of rotatable bonds is 5. The van der Waals surface area contributed by atoms with Crippen LogP contribution in [0.5, 0.6) is 0 Å². The number of hydrogen-bond acceptors (Lipinski definition) is 2. The van der Waals surface area contributed by atoms with Gasteiger partial charge in [0.15, 0.2) is 0 Å². The smallest absolute Gasteiger partial charge is 0.326 e. The molecule has 19 heavy (non-hydrogen) atoms. The molecule has 1 atom stereocenters. The first kappa shape index (κ1) is 15.4. The Morgan fingerprint density at radius 2 is 2.16 bits per heavy atom. The minimum Gasteiger partial charge on any atom is -0.480 e. The first-order valence-electron chi connectivity index (χ1n) is 5.86. The van der Waals surface area contributed by atoms with Crippen molar-refractivity contribution >= 4 is 27.8 Å². The third kappa shape index (κ3) is 4.52. The van der Waals surface area contributed by atoms with Crippen LogP contribution in [0.4, 0.5) is 0 Å². The summed E-state index contributed by atoms with van der Waals surface area (Å²) in [5.74, 6) is -1.42. The number of nitrogens with one attached hydrogen (secondary N) is 1. The van der Waals surface area contributed by atoms with Gasteiger partial charge in [0, 0.05) is 10.0 Å². The van der Waals surface area contributed by atoms with Gasteiger partial charge >= 0.3 is 5.97 Å². The number of benzene rings is 1. The lowest BCUT2D eigenvalue weighted by Gasteiger charge is -2.14. The quantitative estimate of drug-likeness (QED) is 0.818. The van der Waals surface area contributed by atoms with Crippen LogP contribution < -0.4 is 5.32 Å². The molecule has 102 valence electrons. The Morgan fingerprint density at radius 3 is 2.74 bits per heavy atom. The second kappa shape index (κ2) is 7.09. The Kier molecular flexibility index (Phi) is 5.76. The van der Waals surface area contributed by atoms with E-state index in [1.54, 1.807) is 31.2 Å². The zero-order valence-electron chi connectivity index (χ0n) is 10.8.